The van der Waals surface area contributed by atoms with Crippen molar-refractivity contribution in [2.45, 2.75) is 34.1 Å². The molecule has 26 heavy (non-hydrogen) atoms. The fourth-order valence-corrected chi connectivity index (χ4v) is 2.74. The average Bonchev–Trinajstić information content (AvgIpc) is 2.89. The lowest BCUT2D eigenvalue weighted by molar-refractivity contribution is 0.0525. The number of rotatable bonds is 8. The van der Waals surface area contributed by atoms with Crippen LogP contribution in [0.15, 0.2) is 24.3 Å². The van der Waals surface area contributed by atoms with Crippen LogP contribution in [0.4, 0.5) is 0 Å². The first-order valence-electron chi connectivity index (χ1n) is 8.78. The number of benzene rings is 1. The van der Waals surface area contributed by atoms with Crippen molar-refractivity contribution in [3.8, 4) is 5.75 Å². The minimum absolute atomic E-state index is 0.239. The molecule has 1 aromatic heterocycles. The Morgan fingerprint density at radius 1 is 1.19 bits per heavy atom. The Bertz CT molecular complexity index is 780. The molecule has 6 heteroatoms. The van der Waals surface area contributed by atoms with Gasteiger partial charge in [0.15, 0.2) is 0 Å². The molecule has 0 radical (unpaired) electrons. The van der Waals surface area contributed by atoms with E-state index in [1.54, 1.807) is 20.8 Å². The molecule has 0 bridgehead atoms. The summed E-state index contributed by atoms with van der Waals surface area (Å²) in [7, 11) is 0. The van der Waals surface area contributed by atoms with Gasteiger partial charge in [-0.2, -0.15) is 0 Å². The summed E-state index contributed by atoms with van der Waals surface area (Å²) in [5.41, 5.74) is 3.21. The number of aromatic amines is 1. The summed E-state index contributed by atoms with van der Waals surface area (Å²) in [6.07, 6.45) is 0.684. The van der Waals surface area contributed by atoms with E-state index in [1.807, 2.05) is 31.2 Å². The van der Waals surface area contributed by atoms with Crippen molar-refractivity contribution in [3.63, 3.8) is 0 Å². The van der Waals surface area contributed by atoms with Crippen molar-refractivity contribution >= 4 is 11.9 Å². The highest BCUT2D eigenvalue weighted by molar-refractivity contribution is 6.00. The van der Waals surface area contributed by atoms with Crippen LogP contribution in [0.1, 0.15) is 51.0 Å². The molecular weight excluding hydrogens is 332 g/mol. The molecule has 0 aliphatic heterocycles. The number of carbonyl (C=O) groups excluding carboxylic acids is 2. The van der Waals surface area contributed by atoms with E-state index < -0.39 is 5.97 Å². The maximum Gasteiger partial charge on any atom is 0.340 e. The summed E-state index contributed by atoms with van der Waals surface area (Å²) in [5, 5.41) is 2.85. The van der Waals surface area contributed by atoms with E-state index in [9.17, 15) is 9.59 Å². The van der Waals surface area contributed by atoms with Crippen LogP contribution in [0.2, 0.25) is 0 Å². The average molecular weight is 358 g/mol. The van der Waals surface area contributed by atoms with Crippen molar-refractivity contribution in [1.29, 1.82) is 0 Å². The fraction of sp³-hybridized carbons (Fsp3) is 0.400. The van der Waals surface area contributed by atoms with Gasteiger partial charge in [-0.05, 0) is 57.4 Å². The van der Waals surface area contributed by atoms with Crippen LogP contribution in [-0.2, 0) is 4.74 Å². The molecule has 1 amide bonds. The van der Waals surface area contributed by atoms with E-state index in [1.165, 1.54) is 0 Å². The summed E-state index contributed by atoms with van der Waals surface area (Å²) in [4.78, 5) is 27.3. The molecule has 2 rings (SSSR count). The van der Waals surface area contributed by atoms with Crippen LogP contribution < -0.4 is 10.1 Å². The minimum Gasteiger partial charge on any atom is -0.494 e. The van der Waals surface area contributed by atoms with E-state index in [4.69, 9.17) is 9.47 Å². The zero-order valence-corrected chi connectivity index (χ0v) is 15.8. The molecule has 0 aliphatic rings. The summed E-state index contributed by atoms with van der Waals surface area (Å²) >= 11 is 0. The number of ether oxygens (including phenoxy) is 2. The molecule has 1 heterocycles. The van der Waals surface area contributed by atoms with Crippen molar-refractivity contribution in [2.75, 3.05) is 19.8 Å². The summed E-state index contributed by atoms with van der Waals surface area (Å²) < 4.78 is 10.7. The van der Waals surface area contributed by atoms with Crippen molar-refractivity contribution in [2.24, 2.45) is 0 Å². The number of esters is 1. The molecular formula is C20H26N2O4. The van der Waals surface area contributed by atoms with Gasteiger partial charge in [0, 0.05) is 12.2 Å². The first-order valence-corrected chi connectivity index (χ1v) is 8.78. The maximum absolute atomic E-state index is 12.4. The van der Waals surface area contributed by atoms with Gasteiger partial charge in [0.25, 0.3) is 5.91 Å². The maximum atomic E-state index is 12.4. The van der Waals surface area contributed by atoms with Gasteiger partial charge < -0.3 is 19.8 Å². The van der Waals surface area contributed by atoms with E-state index in [0.29, 0.717) is 48.7 Å². The van der Waals surface area contributed by atoms with E-state index in [-0.39, 0.29) is 5.91 Å². The fourth-order valence-electron chi connectivity index (χ4n) is 2.74. The summed E-state index contributed by atoms with van der Waals surface area (Å²) in [6, 6.07) is 7.84. The minimum atomic E-state index is -0.413. The molecule has 0 unspecified atom stereocenters. The van der Waals surface area contributed by atoms with Crippen LogP contribution in [0, 0.1) is 20.8 Å². The van der Waals surface area contributed by atoms with Crippen molar-refractivity contribution in [3.05, 3.63) is 52.3 Å². The molecule has 1 aromatic carbocycles. The number of hydrogen-bond acceptors (Lipinski definition) is 4. The van der Waals surface area contributed by atoms with Gasteiger partial charge in [-0.25, -0.2) is 4.79 Å². The van der Waals surface area contributed by atoms with Crippen LogP contribution in [0.3, 0.4) is 0 Å². The van der Waals surface area contributed by atoms with Crippen LogP contribution in [0.5, 0.6) is 5.75 Å². The molecule has 0 spiro atoms. The predicted molar refractivity (Wildman–Crippen MR) is 99.8 cm³/mol. The molecule has 0 fully saturated rings. The molecule has 0 atom stereocenters. The number of hydrogen-bond donors (Lipinski definition) is 2. The quantitative estimate of drug-likeness (QED) is 0.560. The zero-order valence-electron chi connectivity index (χ0n) is 15.8. The Morgan fingerprint density at radius 2 is 1.96 bits per heavy atom. The van der Waals surface area contributed by atoms with Crippen molar-refractivity contribution < 1.29 is 19.1 Å². The largest absolute Gasteiger partial charge is 0.494 e. The third kappa shape index (κ3) is 4.88. The highest BCUT2D eigenvalue weighted by Crippen LogP contribution is 2.19. The van der Waals surface area contributed by atoms with Crippen LogP contribution >= 0.6 is 0 Å². The zero-order chi connectivity index (χ0) is 19.1. The molecule has 0 saturated heterocycles. The second-order valence-electron chi connectivity index (χ2n) is 6.12. The Balaban J connectivity index is 1.84. The Kier molecular flexibility index (Phi) is 6.83. The first kappa shape index (κ1) is 19.6. The SMILES string of the molecule is CCOC(=O)c1c(C)[nH]c(C(=O)NCCCOc2cccc(C)c2)c1C. The summed E-state index contributed by atoms with van der Waals surface area (Å²) in [5.74, 6) is 0.173. The standard InChI is InChI=1S/C20H26N2O4/c1-5-25-20(24)17-14(3)18(22-15(17)4)19(23)21-10-7-11-26-16-9-6-8-13(2)12-16/h6,8-9,12,22H,5,7,10-11H2,1-4H3,(H,21,23). The van der Waals surface area contributed by atoms with Gasteiger partial charge >= 0.3 is 5.97 Å². The number of amides is 1. The Morgan fingerprint density at radius 3 is 2.65 bits per heavy atom. The summed E-state index contributed by atoms with van der Waals surface area (Å²) in [6.45, 7) is 8.56. The lowest BCUT2D eigenvalue weighted by Gasteiger charge is -2.08. The van der Waals surface area contributed by atoms with Gasteiger partial charge in [0.05, 0.1) is 18.8 Å². The third-order valence-electron chi connectivity index (χ3n) is 4.01. The van der Waals surface area contributed by atoms with Gasteiger partial charge in [-0.3, -0.25) is 4.79 Å². The predicted octanol–water partition coefficient (Wildman–Crippen LogP) is 3.32. The van der Waals surface area contributed by atoms with Crippen LogP contribution in [0.25, 0.3) is 0 Å². The monoisotopic (exact) mass is 358 g/mol. The lowest BCUT2D eigenvalue weighted by Crippen LogP contribution is -2.26. The Hall–Kier alpha value is -2.76. The molecule has 2 aromatic rings. The molecule has 0 saturated carbocycles. The number of aryl methyl sites for hydroxylation is 2. The lowest BCUT2D eigenvalue weighted by atomic mass is 10.1. The van der Waals surface area contributed by atoms with Crippen molar-refractivity contribution in [1.82, 2.24) is 10.3 Å². The van der Waals surface area contributed by atoms with Gasteiger partial charge in [0.1, 0.15) is 11.4 Å². The van der Waals surface area contributed by atoms with Gasteiger partial charge in [0.2, 0.25) is 0 Å². The normalized spacial score (nSPS) is 10.5. The third-order valence-corrected chi connectivity index (χ3v) is 4.01. The highest BCUT2D eigenvalue weighted by Gasteiger charge is 2.22. The number of aromatic nitrogens is 1. The number of H-pyrrole nitrogens is 1. The highest BCUT2D eigenvalue weighted by atomic mass is 16.5. The molecule has 140 valence electrons. The molecule has 6 nitrogen and oxygen atoms in total. The molecule has 0 aliphatic carbocycles. The number of carbonyl (C=O) groups is 2. The van der Waals surface area contributed by atoms with Gasteiger partial charge in [-0.15, -0.1) is 0 Å². The van der Waals surface area contributed by atoms with E-state index in [2.05, 4.69) is 10.3 Å². The second kappa shape index (κ2) is 9.08. The smallest absolute Gasteiger partial charge is 0.340 e. The van der Waals surface area contributed by atoms with E-state index in [0.717, 1.165) is 11.3 Å². The number of nitrogens with one attached hydrogen (secondary N) is 2. The van der Waals surface area contributed by atoms with Crippen LogP contribution in [-0.4, -0.2) is 36.6 Å². The van der Waals surface area contributed by atoms with E-state index >= 15 is 0 Å². The van der Waals surface area contributed by atoms with Gasteiger partial charge in [-0.1, -0.05) is 12.1 Å². The Labute approximate surface area is 153 Å². The second-order valence-corrected chi connectivity index (χ2v) is 6.12. The first-order chi connectivity index (χ1) is 12.4. The molecule has 2 N–H and O–H groups in total. The topological polar surface area (TPSA) is 80.4 Å².